The van der Waals surface area contributed by atoms with Crippen LogP contribution in [0.1, 0.15) is 12.5 Å². The zero-order valence-electron chi connectivity index (χ0n) is 16.2. The highest BCUT2D eigenvalue weighted by atomic mass is 35.5. The number of nitrogens with zero attached hydrogens (tertiary/aromatic N) is 1. The third kappa shape index (κ3) is 5.89. The van der Waals surface area contributed by atoms with Crippen LogP contribution < -0.4 is 14.2 Å². The SMILES string of the molecule is CC(=O)Nc1ccc(OS(=O)(=O)c2ccc(Oc3ncc(C(F)(F)F)cc3Cl)cc2)cc1. The van der Waals surface area contributed by atoms with E-state index in [0.29, 0.717) is 18.0 Å². The molecule has 0 radical (unpaired) electrons. The Morgan fingerprint density at radius 3 is 2.16 bits per heavy atom. The molecule has 0 aliphatic heterocycles. The van der Waals surface area contributed by atoms with Gasteiger partial charge in [0.05, 0.1) is 5.56 Å². The summed E-state index contributed by atoms with van der Waals surface area (Å²) < 4.78 is 73.3. The Balaban J connectivity index is 1.71. The molecule has 0 saturated heterocycles. The fraction of sp³-hybridized carbons (Fsp3) is 0.100. The number of hydrogen-bond acceptors (Lipinski definition) is 6. The first-order valence-corrected chi connectivity index (χ1v) is 10.6. The Kier molecular flexibility index (Phi) is 6.60. The van der Waals surface area contributed by atoms with Crippen molar-refractivity contribution in [2.75, 3.05) is 5.32 Å². The first-order chi connectivity index (χ1) is 14.9. The van der Waals surface area contributed by atoms with Crippen molar-refractivity contribution in [3.05, 3.63) is 71.4 Å². The molecule has 3 rings (SSSR count). The minimum atomic E-state index is -4.60. The zero-order valence-corrected chi connectivity index (χ0v) is 17.8. The lowest BCUT2D eigenvalue weighted by atomic mass is 10.3. The van der Waals surface area contributed by atoms with Gasteiger partial charge in [-0.3, -0.25) is 4.79 Å². The summed E-state index contributed by atoms with van der Waals surface area (Å²) in [6, 6.07) is 11.3. The van der Waals surface area contributed by atoms with E-state index >= 15 is 0 Å². The average molecular weight is 487 g/mol. The number of alkyl halides is 3. The fourth-order valence-corrected chi connectivity index (χ4v) is 3.55. The van der Waals surface area contributed by atoms with Crippen molar-refractivity contribution in [1.82, 2.24) is 4.98 Å². The second kappa shape index (κ2) is 9.05. The van der Waals surface area contributed by atoms with Gasteiger partial charge >= 0.3 is 16.3 Å². The van der Waals surface area contributed by atoms with Crippen LogP contribution in [0.2, 0.25) is 5.02 Å². The number of carbonyl (C=O) groups excluding carboxylic acids is 1. The Morgan fingerprint density at radius 1 is 1.03 bits per heavy atom. The Hall–Kier alpha value is -3.31. The number of rotatable bonds is 6. The standard InChI is InChI=1S/C20H14ClF3N2O5S/c1-12(27)26-14-2-4-16(5-3-14)31-32(28,29)17-8-6-15(7-9-17)30-19-18(21)10-13(11-25-19)20(22,23)24/h2-11H,1H3,(H,26,27). The molecule has 7 nitrogen and oxygen atoms in total. The smallest absolute Gasteiger partial charge is 0.417 e. The highest BCUT2D eigenvalue weighted by Crippen LogP contribution is 2.34. The van der Waals surface area contributed by atoms with Crippen molar-refractivity contribution in [1.29, 1.82) is 0 Å². The van der Waals surface area contributed by atoms with Crippen LogP contribution in [0, 0.1) is 0 Å². The Bertz CT molecular complexity index is 1230. The highest BCUT2D eigenvalue weighted by molar-refractivity contribution is 7.87. The lowest BCUT2D eigenvalue weighted by Gasteiger charge is -2.11. The van der Waals surface area contributed by atoms with E-state index in [-0.39, 0.29) is 33.2 Å². The number of anilines is 1. The van der Waals surface area contributed by atoms with Crippen molar-refractivity contribution >= 4 is 33.3 Å². The maximum absolute atomic E-state index is 12.7. The number of carbonyl (C=O) groups is 1. The van der Waals surface area contributed by atoms with Crippen LogP contribution >= 0.6 is 11.6 Å². The summed E-state index contributed by atoms with van der Waals surface area (Å²) >= 11 is 5.79. The molecule has 3 aromatic rings. The summed E-state index contributed by atoms with van der Waals surface area (Å²) in [6.07, 6.45) is -4.03. The van der Waals surface area contributed by atoms with E-state index in [2.05, 4.69) is 10.3 Å². The molecule has 0 unspecified atom stereocenters. The molecule has 0 fully saturated rings. The topological polar surface area (TPSA) is 94.6 Å². The molecule has 0 spiro atoms. The molecule has 32 heavy (non-hydrogen) atoms. The van der Waals surface area contributed by atoms with Gasteiger partial charge in [0.25, 0.3) is 0 Å². The third-order valence-electron chi connectivity index (χ3n) is 3.84. The summed E-state index contributed by atoms with van der Waals surface area (Å²) in [4.78, 5) is 14.4. The monoisotopic (exact) mass is 486 g/mol. The van der Waals surface area contributed by atoms with Gasteiger partial charge in [0.1, 0.15) is 21.4 Å². The number of benzene rings is 2. The van der Waals surface area contributed by atoms with E-state index in [9.17, 15) is 26.4 Å². The van der Waals surface area contributed by atoms with Crippen LogP contribution in [0.5, 0.6) is 17.4 Å². The molecule has 1 amide bonds. The fourth-order valence-electron chi connectivity index (χ4n) is 2.41. The van der Waals surface area contributed by atoms with Gasteiger partial charge in [-0.1, -0.05) is 11.6 Å². The summed E-state index contributed by atoms with van der Waals surface area (Å²) in [5.74, 6) is -0.426. The van der Waals surface area contributed by atoms with Crippen molar-refractivity contribution in [2.45, 2.75) is 18.0 Å². The van der Waals surface area contributed by atoms with E-state index < -0.39 is 21.9 Å². The molecule has 1 aromatic heterocycles. The molecule has 1 N–H and O–H groups in total. The number of aromatic nitrogens is 1. The Labute approximate surface area is 185 Å². The number of ether oxygens (including phenoxy) is 1. The molecule has 1 heterocycles. The van der Waals surface area contributed by atoms with Gasteiger partial charge < -0.3 is 14.2 Å². The van der Waals surface area contributed by atoms with E-state index in [1.165, 1.54) is 55.5 Å². The second-order valence-electron chi connectivity index (χ2n) is 6.33. The van der Waals surface area contributed by atoms with Gasteiger partial charge in [0.2, 0.25) is 11.8 Å². The van der Waals surface area contributed by atoms with E-state index in [1.807, 2.05) is 0 Å². The first kappa shape index (κ1) is 23.4. The lowest BCUT2D eigenvalue weighted by Crippen LogP contribution is -2.10. The zero-order chi connectivity index (χ0) is 23.5. The lowest BCUT2D eigenvalue weighted by molar-refractivity contribution is -0.137. The maximum Gasteiger partial charge on any atom is 0.417 e. The molecule has 2 aromatic carbocycles. The molecular formula is C20H14ClF3N2O5S. The molecular weight excluding hydrogens is 473 g/mol. The largest absolute Gasteiger partial charge is 0.438 e. The third-order valence-corrected chi connectivity index (χ3v) is 5.37. The van der Waals surface area contributed by atoms with Crippen LogP contribution in [-0.4, -0.2) is 19.3 Å². The molecule has 0 aliphatic rings. The predicted octanol–water partition coefficient (Wildman–Crippen LogP) is 5.27. The van der Waals surface area contributed by atoms with Crippen molar-refractivity contribution in [2.24, 2.45) is 0 Å². The highest BCUT2D eigenvalue weighted by Gasteiger charge is 2.31. The van der Waals surface area contributed by atoms with Crippen LogP contribution in [-0.2, 0) is 21.1 Å². The number of halogens is 4. The average Bonchev–Trinajstić information content (AvgIpc) is 2.70. The summed E-state index contributed by atoms with van der Waals surface area (Å²) in [6.45, 7) is 1.34. The van der Waals surface area contributed by atoms with E-state index in [4.69, 9.17) is 20.5 Å². The van der Waals surface area contributed by atoms with Gasteiger partial charge in [-0.15, -0.1) is 0 Å². The number of amides is 1. The molecule has 0 atom stereocenters. The van der Waals surface area contributed by atoms with Crippen LogP contribution in [0.15, 0.2) is 65.7 Å². The summed E-state index contributed by atoms with van der Waals surface area (Å²) in [5.41, 5.74) is -0.558. The number of nitrogens with one attached hydrogen (secondary N) is 1. The molecule has 0 aliphatic carbocycles. The predicted molar refractivity (Wildman–Crippen MR) is 109 cm³/mol. The summed E-state index contributed by atoms with van der Waals surface area (Å²) in [5, 5.41) is 2.18. The number of pyridine rings is 1. The summed E-state index contributed by atoms with van der Waals surface area (Å²) in [7, 11) is -4.18. The second-order valence-corrected chi connectivity index (χ2v) is 8.28. The minimum absolute atomic E-state index is 0.0279. The van der Waals surface area contributed by atoms with Crippen LogP contribution in [0.25, 0.3) is 0 Å². The van der Waals surface area contributed by atoms with Gasteiger partial charge in [-0.05, 0) is 54.6 Å². The van der Waals surface area contributed by atoms with E-state index in [0.717, 1.165) is 0 Å². The van der Waals surface area contributed by atoms with Crippen LogP contribution in [0.4, 0.5) is 18.9 Å². The Morgan fingerprint density at radius 2 is 1.62 bits per heavy atom. The van der Waals surface area contributed by atoms with Crippen molar-refractivity contribution in [3.8, 4) is 17.4 Å². The van der Waals surface area contributed by atoms with Gasteiger partial charge in [0.15, 0.2) is 0 Å². The number of hydrogen-bond donors (Lipinski definition) is 1. The van der Waals surface area contributed by atoms with Crippen molar-refractivity contribution < 1.29 is 35.3 Å². The minimum Gasteiger partial charge on any atom is -0.438 e. The first-order valence-electron chi connectivity index (χ1n) is 8.77. The van der Waals surface area contributed by atoms with E-state index in [1.54, 1.807) is 0 Å². The van der Waals surface area contributed by atoms with Gasteiger partial charge in [-0.2, -0.15) is 21.6 Å². The molecule has 12 heteroatoms. The molecule has 0 bridgehead atoms. The quantitative estimate of drug-likeness (QED) is 0.477. The molecule has 0 saturated carbocycles. The molecule has 168 valence electrons. The van der Waals surface area contributed by atoms with Gasteiger partial charge in [0, 0.05) is 18.8 Å². The van der Waals surface area contributed by atoms with Gasteiger partial charge in [-0.25, -0.2) is 4.98 Å². The normalized spacial score (nSPS) is 11.7. The van der Waals surface area contributed by atoms with Crippen molar-refractivity contribution in [3.63, 3.8) is 0 Å². The maximum atomic E-state index is 12.7. The van der Waals surface area contributed by atoms with Crippen LogP contribution in [0.3, 0.4) is 0 Å².